The third-order valence-electron chi connectivity index (χ3n) is 2.40. The van der Waals surface area contributed by atoms with Gasteiger partial charge in [-0.25, -0.2) is 8.78 Å². The first-order chi connectivity index (χ1) is 5.14. The lowest BCUT2D eigenvalue weighted by molar-refractivity contribution is -0.122. The Balaban J connectivity index is 0.000000179. The standard InChI is InChI=1S/C6H8F2.CH2O2/c7-6(8)4-2-1-3-5(4)6;2-1-3/h4-5H,1-3H2;1H,(H,2,3). The highest BCUT2D eigenvalue weighted by Gasteiger charge is 2.69. The Morgan fingerprint density at radius 3 is 1.91 bits per heavy atom. The molecule has 2 nitrogen and oxygen atoms in total. The van der Waals surface area contributed by atoms with E-state index in [9.17, 15) is 8.78 Å². The molecule has 2 fully saturated rings. The molecule has 2 unspecified atom stereocenters. The second kappa shape index (κ2) is 2.75. The van der Waals surface area contributed by atoms with Crippen molar-refractivity contribution in [3.05, 3.63) is 0 Å². The molecule has 11 heavy (non-hydrogen) atoms. The number of alkyl halides is 2. The van der Waals surface area contributed by atoms with Crippen molar-refractivity contribution < 1.29 is 18.7 Å². The third-order valence-corrected chi connectivity index (χ3v) is 2.40. The molecular weight excluding hydrogens is 154 g/mol. The van der Waals surface area contributed by atoms with Gasteiger partial charge in [-0.15, -0.1) is 0 Å². The van der Waals surface area contributed by atoms with Gasteiger partial charge in [0.25, 0.3) is 12.4 Å². The molecule has 2 atom stereocenters. The van der Waals surface area contributed by atoms with Crippen molar-refractivity contribution in [2.45, 2.75) is 25.2 Å². The van der Waals surface area contributed by atoms with Crippen LogP contribution in [0.4, 0.5) is 8.78 Å². The van der Waals surface area contributed by atoms with Gasteiger partial charge in [-0.2, -0.15) is 0 Å². The van der Waals surface area contributed by atoms with Crippen LogP contribution in [0.5, 0.6) is 0 Å². The maximum absolute atomic E-state index is 12.2. The maximum Gasteiger partial charge on any atom is 0.290 e. The summed E-state index contributed by atoms with van der Waals surface area (Å²) in [7, 11) is 0. The van der Waals surface area contributed by atoms with Crippen molar-refractivity contribution in [3.8, 4) is 0 Å². The molecule has 4 heteroatoms. The number of halogens is 2. The van der Waals surface area contributed by atoms with Crippen LogP contribution in [0.3, 0.4) is 0 Å². The van der Waals surface area contributed by atoms with Crippen molar-refractivity contribution >= 4 is 6.47 Å². The number of hydrogen-bond donors (Lipinski definition) is 1. The number of carbonyl (C=O) groups is 1. The van der Waals surface area contributed by atoms with Gasteiger partial charge in [0.05, 0.1) is 0 Å². The van der Waals surface area contributed by atoms with Gasteiger partial charge in [0, 0.05) is 11.8 Å². The summed E-state index contributed by atoms with van der Waals surface area (Å²) in [6.45, 7) is -0.250. The van der Waals surface area contributed by atoms with Crippen LogP contribution < -0.4 is 0 Å². The molecule has 0 radical (unpaired) electrons. The van der Waals surface area contributed by atoms with Crippen molar-refractivity contribution in [1.82, 2.24) is 0 Å². The average molecular weight is 164 g/mol. The summed E-state index contributed by atoms with van der Waals surface area (Å²) in [5, 5.41) is 6.89. The van der Waals surface area contributed by atoms with Gasteiger partial charge >= 0.3 is 0 Å². The highest BCUT2D eigenvalue weighted by Crippen LogP contribution is 2.63. The van der Waals surface area contributed by atoms with E-state index < -0.39 is 5.92 Å². The summed E-state index contributed by atoms with van der Waals surface area (Å²) in [5.74, 6) is -2.65. The maximum atomic E-state index is 12.2. The van der Waals surface area contributed by atoms with E-state index in [1.165, 1.54) is 0 Å². The average Bonchev–Trinajstić information content (AvgIpc) is 2.30. The number of rotatable bonds is 0. The predicted octanol–water partition coefficient (Wildman–Crippen LogP) is 1.75. The lowest BCUT2D eigenvalue weighted by atomic mass is 10.2. The molecule has 2 rings (SSSR count). The highest BCUT2D eigenvalue weighted by molar-refractivity contribution is 5.32. The fraction of sp³-hybridized carbons (Fsp3) is 0.857. The molecule has 2 aliphatic rings. The van der Waals surface area contributed by atoms with Crippen LogP contribution in [0.2, 0.25) is 0 Å². The molecule has 2 aliphatic carbocycles. The molecule has 1 N–H and O–H groups in total. The van der Waals surface area contributed by atoms with Crippen LogP contribution in [-0.4, -0.2) is 17.5 Å². The molecule has 0 aliphatic heterocycles. The second-order valence-electron chi connectivity index (χ2n) is 2.92. The molecule has 64 valence electrons. The molecule has 0 aromatic carbocycles. The normalized spacial score (nSPS) is 36.5. The van der Waals surface area contributed by atoms with Crippen LogP contribution >= 0.6 is 0 Å². The minimum atomic E-state index is -2.24. The Bertz CT molecular complexity index is 147. The lowest BCUT2D eigenvalue weighted by Crippen LogP contribution is -1.98. The van der Waals surface area contributed by atoms with Gasteiger partial charge in [-0.1, -0.05) is 6.42 Å². The van der Waals surface area contributed by atoms with E-state index in [1.54, 1.807) is 0 Å². The first-order valence-corrected chi connectivity index (χ1v) is 3.60. The number of carboxylic acid groups (broad SMARTS) is 1. The van der Waals surface area contributed by atoms with E-state index in [2.05, 4.69) is 0 Å². The number of hydrogen-bond acceptors (Lipinski definition) is 1. The Kier molecular flexibility index (Phi) is 2.11. The van der Waals surface area contributed by atoms with Crippen LogP contribution in [-0.2, 0) is 4.79 Å². The largest absolute Gasteiger partial charge is 0.483 e. The highest BCUT2D eigenvalue weighted by atomic mass is 19.3. The molecule has 0 saturated heterocycles. The van der Waals surface area contributed by atoms with Crippen molar-refractivity contribution in [2.75, 3.05) is 0 Å². The topological polar surface area (TPSA) is 37.3 Å². The fourth-order valence-electron chi connectivity index (χ4n) is 1.81. The smallest absolute Gasteiger partial charge is 0.290 e. The van der Waals surface area contributed by atoms with E-state index in [0.29, 0.717) is 0 Å². The van der Waals surface area contributed by atoms with E-state index in [-0.39, 0.29) is 18.3 Å². The molecule has 0 bridgehead atoms. The minimum Gasteiger partial charge on any atom is -0.483 e. The van der Waals surface area contributed by atoms with Gasteiger partial charge in [0.15, 0.2) is 0 Å². The summed E-state index contributed by atoms with van der Waals surface area (Å²) in [6.07, 6.45) is 2.58. The van der Waals surface area contributed by atoms with Gasteiger partial charge < -0.3 is 5.11 Å². The van der Waals surface area contributed by atoms with E-state index >= 15 is 0 Å². The summed E-state index contributed by atoms with van der Waals surface area (Å²) >= 11 is 0. The fourth-order valence-corrected chi connectivity index (χ4v) is 1.81. The molecular formula is C7H10F2O2. The molecule has 0 aromatic rings. The van der Waals surface area contributed by atoms with E-state index in [4.69, 9.17) is 9.90 Å². The monoisotopic (exact) mass is 164 g/mol. The van der Waals surface area contributed by atoms with Gasteiger partial charge in [-0.05, 0) is 12.8 Å². The van der Waals surface area contributed by atoms with Crippen molar-refractivity contribution in [2.24, 2.45) is 11.8 Å². The zero-order valence-electron chi connectivity index (χ0n) is 5.96. The van der Waals surface area contributed by atoms with Crippen LogP contribution in [0.1, 0.15) is 19.3 Å². The van der Waals surface area contributed by atoms with Crippen LogP contribution in [0, 0.1) is 11.8 Å². The Labute approximate surface area is 63.2 Å². The third kappa shape index (κ3) is 1.34. The first-order valence-electron chi connectivity index (χ1n) is 3.60. The van der Waals surface area contributed by atoms with Crippen LogP contribution in [0.15, 0.2) is 0 Å². The van der Waals surface area contributed by atoms with Crippen molar-refractivity contribution in [1.29, 1.82) is 0 Å². The molecule has 0 amide bonds. The zero-order valence-corrected chi connectivity index (χ0v) is 5.96. The molecule has 2 saturated carbocycles. The SMILES string of the molecule is FC1(F)C2CCCC21.O=CO. The summed E-state index contributed by atoms with van der Waals surface area (Å²) < 4.78 is 24.5. The van der Waals surface area contributed by atoms with Gasteiger partial charge in [-0.3, -0.25) is 4.79 Å². The van der Waals surface area contributed by atoms with E-state index in [1.807, 2.05) is 0 Å². The Morgan fingerprint density at radius 2 is 1.73 bits per heavy atom. The predicted molar refractivity (Wildman–Crippen MR) is 34.5 cm³/mol. The Hall–Kier alpha value is -0.670. The summed E-state index contributed by atoms with van der Waals surface area (Å²) in [5.41, 5.74) is 0. The quantitative estimate of drug-likeness (QED) is 0.554. The Morgan fingerprint density at radius 1 is 1.36 bits per heavy atom. The van der Waals surface area contributed by atoms with Gasteiger partial charge in [0.1, 0.15) is 0 Å². The molecule has 0 heterocycles. The van der Waals surface area contributed by atoms with Crippen LogP contribution in [0.25, 0.3) is 0 Å². The van der Waals surface area contributed by atoms with Gasteiger partial charge in [0.2, 0.25) is 0 Å². The molecule has 0 spiro atoms. The lowest BCUT2D eigenvalue weighted by Gasteiger charge is -1.96. The molecule has 0 aromatic heterocycles. The first kappa shape index (κ1) is 8.43. The summed E-state index contributed by atoms with van der Waals surface area (Å²) in [4.78, 5) is 8.36. The number of fused-ring (bicyclic) bond motifs is 1. The van der Waals surface area contributed by atoms with Crippen molar-refractivity contribution in [3.63, 3.8) is 0 Å². The summed E-state index contributed by atoms with van der Waals surface area (Å²) in [6, 6.07) is 0. The second-order valence-corrected chi connectivity index (χ2v) is 2.92. The zero-order chi connectivity index (χ0) is 8.48. The minimum absolute atomic E-state index is 0.206. The van der Waals surface area contributed by atoms with E-state index in [0.717, 1.165) is 19.3 Å².